The Morgan fingerprint density at radius 1 is 1.45 bits per heavy atom. The number of benzene rings is 1. The van der Waals surface area contributed by atoms with Crippen LogP contribution in [0, 0.1) is 0 Å². The number of amides is 1. The van der Waals surface area contributed by atoms with Crippen LogP contribution in [0.25, 0.3) is 0 Å². The third-order valence-corrected chi connectivity index (χ3v) is 4.69. The van der Waals surface area contributed by atoms with Gasteiger partial charge in [-0.3, -0.25) is 4.79 Å². The van der Waals surface area contributed by atoms with Crippen LogP contribution in [0.1, 0.15) is 49.0 Å². The number of ether oxygens (including phenoxy) is 1. The maximum Gasteiger partial charge on any atom is 0.257 e. The van der Waals surface area contributed by atoms with E-state index in [4.69, 9.17) is 4.74 Å². The van der Waals surface area contributed by atoms with Crippen molar-refractivity contribution in [3.63, 3.8) is 0 Å². The van der Waals surface area contributed by atoms with Crippen LogP contribution in [0.15, 0.2) is 18.2 Å². The van der Waals surface area contributed by atoms with Crippen LogP contribution in [-0.2, 0) is 0 Å². The molecule has 1 fully saturated rings. The third-order valence-electron chi connectivity index (χ3n) is 4.69. The van der Waals surface area contributed by atoms with Gasteiger partial charge in [0, 0.05) is 11.5 Å². The molecule has 20 heavy (non-hydrogen) atoms. The van der Waals surface area contributed by atoms with E-state index in [-0.39, 0.29) is 12.0 Å². The summed E-state index contributed by atoms with van der Waals surface area (Å²) in [6.45, 7) is 6.91. The molecule has 4 heteroatoms. The number of β-amino-alcohol motifs (C(OH)–C–C–N with tert-alkyl or cyclic N) is 1. The van der Waals surface area contributed by atoms with E-state index in [0.717, 1.165) is 11.3 Å². The lowest BCUT2D eigenvalue weighted by atomic mass is 9.90. The van der Waals surface area contributed by atoms with Gasteiger partial charge in [-0.25, -0.2) is 0 Å². The fraction of sp³-hybridized carbons (Fsp3) is 0.562. The van der Waals surface area contributed by atoms with Gasteiger partial charge in [0.15, 0.2) is 0 Å². The summed E-state index contributed by atoms with van der Waals surface area (Å²) in [5.74, 6) is 0.993. The Bertz CT molecular complexity index is 549. The van der Waals surface area contributed by atoms with Gasteiger partial charge in [0.05, 0.1) is 24.3 Å². The van der Waals surface area contributed by atoms with Crippen molar-refractivity contribution in [2.45, 2.75) is 44.8 Å². The number of nitrogens with zero attached hydrogens (tertiary/aromatic N) is 1. The molecule has 2 unspecified atom stereocenters. The number of carbonyl (C=O) groups excluding carboxylic acids is 1. The van der Waals surface area contributed by atoms with E-state index in [1.54, 1.807) is 4.90 Å². The molecule has 2 atom stereocenters. The van der Waals surface area contributed by atoms with Crippen molar-refractivity contribution >= 4 is 5.91 Å². The summed E-state index contributed by atoms with van der Waals surface area (Å²) in [5, 5.41) is 10.0. The van der Waals surface area contributed by atoms with E-state index in [0.29, 0.717) is 31.0 Å². The Morgan fingerprint density at radius 3 is 2.80 bits per heavy atom. The van der Waals surface area contributed by atoms with Crippen molar-refractivity contribution in [2.24, 2.45) is 0 Å². The quantitative estimate of drug-likeness (QED) is 0.900. The maximum absolute atomic E-state index is 12.5. The zero-order valence-electron chi connectivity index (χ0n) is 12.2. The van der Waals surface area contributed by atoms with Gasteiger partial charge in [-0.2, -0.15) is 0 Å². The topological polar surface area (TPSA) is 49.8 Å². The largest absolute Gasteiger partial charge is 0.489 e. The van der Waals surface area contributed by atoms with E-state index < -0.39 is 5.60 Å². The summed E-state index contributed by atoms with van der Waals surface area (Å²) >= 11 is 0. The standard InChI is InChI=1S/C16H21NO3/c1-4-16(19)8-17(9-16)15(18)13-7-5-6-12-10(2)11(3)20-14(12)13/h5-7,10-11,19H,4,8-9H2,1-3H3. The Labute approximate surface area is 119 Å². The molecular formula is C16H21NO3. The molecule has 4 nitrogen and oxygen atoms in total. The number of carbonyl (C=O) groups is 1. The molecule has 3 rings (SSSR count). The van der Waals surface area contributed by atoms with E-state index in [2.05, 4.69) is 6.92 Å². The van der Waals surface area contributed by atoms with Gasteiger partial charge in [0.25, 0.3) is 5.91 Å². The van der Waals surface area contributed by atoms with Crippen molar-refractivity contribution in [1.82, 2.24) is 4.90 Å². The molecule has 0 bridgehead atoms. The smallest absolute Gasteiger partial charge is 0.257 e. The van der Waals surface area contributed by atoms with Crippen LogP contribution in [0.5, 0.6) is 5.75 Å². The number of hydrogen-bond donors (Lipinski definition) is 1. The maximum atomic E-state index is 12.5. The molecule has 1 saturated heterocycles. The van der Waals surface area contributed by atoms with Gasteiger partial charge in [0.2, 0.25) is 0 Å². The number of para-hydroxylation sites is 1. The number of fused-ring (bicyclic) bond motifs is 1. The molecular weight excluding hydrogens is 254 g/mol. The van der Waals surface area contributed by atoms with Gasteiger partial charge in [0.1, 0.15) is 11.9 Å². The molecule has 0 saturated carbocycles. The Balaban J connectivity index is 1.85. The average molecular weight is 275 g/mol. The molecule has 2 aliphatic rings. The van der Waals surface area contributed by atoms with Crippen molar-refractivity contribution in [3.05, 3.63) is 29.3 Å². The minimum Gasteiger partial charge on any atom is -0.489 e. The SMILES string of the molecule is CCC1(O)CN(C(=O)c2cccc3c2OC(C)C3C)C1. The lowest BCUT2D eigenvalue weighted by Gasteiger charge is -2.46. The monoisotopic (exact) mass is 275 g/mol. The van der Waals surface area contributed by atoms with Crippen LogP contribution < -0.4 is 4.74 Å². The summed E-state index contributed by atoms with van der Waals surface area (Å²) in [6.07, 6.45) is 0.775. The Hall–Kier alpha value is -1.55. The van der Waals surface area contributed by atoms with Crippen molar-refractivity contribution in [2.75, 3.05) is 13.1 Å². The van der Waals surface area contributed by atoms with Crippen LogP contribution in [0.4, 0.5) is 0 Å². The van der Waals surface area contributed by atoms with Crippen LogP contribution in [0.3, 0.4) is 0 Å². The third kappa shape index (κ3) is 1.90. The number of aliphatic hydroxyl groups is 1. The molecule has 2 heterocycles. The van der Waals surface area contributed by atoms with E-state index >= 15 is 0 Å². The highest BCUT2D eigenvalue weighted by atomic mass is 16.5. The number of likely N-dealkylation sites (tertiary alicyclic amines) is 1. The van der Waals surface area contributed by atoms with Crippen LogP contribution in [-0.4, -0.2) is 40.7 Å². The first-order valence-corrected chi connectivity index (χ1v) is 7.26. The van der Waals surface area contributed by atoms with Gasteiger partial charge in [-0.1, -0.05) is 26.0 Å². The number of rotatable bonds is 2. The van der Waals surface area contributed by atoms with Gasteiger partial charge in [-0.05, 0) is 19.4 Å². The normalized spacial score (nSPS) is 26.7. The highest BCUT2D eigenvalue weighted by Gasteiger charge is 2.43. The summed E-state index contributed by atoms with van der Waals surface area (Å²) < 4.78 is 5.86. The minimum atomic E-state index is -0.699. The molecule has 0 aromatic heterocycles. The number of hydrogen-bond acceptors (Lipinski definition) is 3. The van der Waals surface area contributed by atoms with E-state index in [9.17, 15) is 9.90 Å². The van der Waals surface area contributed by atoms with E-state index in [1.807, 2.05) is 32.0 Å². The van der Waals surface area contributed by atoms with Crippen LogP contribution in [0.2, 0.25) is 0 Å². The van der Waals surface area contributed by atoms with Gasteiger partial charge in [-0.15, -0.1) is 0 Å². The van der Waals surface area contributed by atoms with Gasteiger partial charge >= 0.3 is 0 Å². The molecule has 2 aliphatic heterocycles. The predicted molar refractivity (Wildman–Crippen MR) is 76.1 cm³/mol. The molecule has 108 valence electrons. The second-order valence-electron chi connectivity index (χ2n) is 6.07. The highest BCUT2D eigenvalue weighted by molar-refractivity contribution is 5.98. The zero-order valence-corrected chi connectivity index (χ0v) is 12.2. The molecule has 0 aliphatic carbocycles. The summed E-state index contributed by atoms with van der Waals surface area (Å²) in [5.41, 5.74) is 1.03. The first-order chi connectivity index (χ1) is 9.45. The molecule has 0 radical (unpaired) electrons. The Kier molecular flexibility index (Phi) is 3.01. The van der Waals surface area contributed by atoms with Gasteiger partial charge < -0.3 is 14.7 Å². The second-order valence-corrected chi connectivity index (χ2v) is 6.07. The minimum absolute atomic E-state index is 0.0405. The Morgan fingerprint density at radius 2 is 2.15 bits per heavy atom. The molecule has 1 aromatic rings. The van der Waals surface area contributed by atoms with Crippen molar-refractivity contribution < 1.29 is 14.6 Å². The summed E-state index contributed by atoms with van der Waals surface area (Å²) in [6, 6.07) is 5.75. The van der Waals surface area contributed by atoms with Crippen molar-refractivity contribution in [1.29, 1.82) is 0 Å². The summed E-state index contributed by atoms with van der Waals surface area (Å²) in [4.78, 5) is 14.2. The first kappa shape index (κ1) is 13.4. The van der Waals surface area contributed by atoms with Crippen LogP contribution >= 0.6 is 0 Å². The fourth-order valence-corrected chi connectivity index (χ4v) is 2.96. The predicted octanol–water partition coefficient (Wildman–Crippen LogP) is 2.17. The highest BCUT2D eigenvalue weighted by Crippen LogP contribution is 2.41. The summed E-state index contributed by atoms with van der Waals surface area (Å²) in [7, 11) is 0. The molecule has 0 spiro atoms. The van der Waals surface area contributed by atoms with E-state index in [1.165, 1.54) is 0 Å². The first-order valence-electron chi connectivity index (χ1n) is 7.26. The molecule has 1 amide bonds. The lowest BCUT2D eigenvalue weighted by Crippen LogP contribution is -2.63. The van der Waals surface area contributed by atoms with Crippen molar-refractivity contribution in [3.8, 4) is 5.75 Å². The zero-order chi connectivity index (χ0) is 14.5. The second kappa shape index (κ2) is 4.48. The fourth-order valence-electron chi connectivity index (χ4n) is 2.96. The molecule has 1 N–H and O–H groups in total. The molecule has 1 aromatic carbocycles. The average Bonchev–Trinajstić information content (AvgIpc) is 2.70. The lowest BCUT2D eigenvalue weighted by molar-refractivity contribution is -0.0827.